The van der Waals surface area contributed by atoms with Gasteiger partial charge in [0.2, 0.25) is 0 Å². The summed E-state index contributed by atoms with van der Waals surface area (Å²) < 4.78 is 0.697. The van der Waals surface area contributed by atoms with Gasteiger partial charge >= 0.3 is 0 Å². The lowest BCUT2D eigenvalue weighted by molar-refractivity contribution is 0.0659. The molecular weight excluding hydrogens is 254 g/mol. The number of hydrogen-bond acceptors (Lipinski definition) is 2. The van der Waals surface area contributed by atoms with E-state index in [4.69, 9.17) is 11.6 Å². The lowest BCUT2D eigenvalue weighted by Gasteiger charge is -2.29. The van der Waals surface area contributed by atoms with Gasteiger partial charge in [-0.2, -0.15) is 0 Å². The van der Waals surface area contributed by atoms with Crippen molar-refractivity contribution >= 4 is 28.8 Å². The highest BCUT2D eigenvalue weighted by atomic mass is 35.5. The van der Waals surface area contributed by atoms with Crippen molar-refractivity contribution in [1.82, 2.24) is 4.90 Å². The Morgan fingerprint density at radius 3 is 2.59 bits per heavy atom. The molecule has 1 atom stereocenters. The topological polar surface area (TPSA) is 20.3 Å². The summed E-state index contributed by atoms with van der Waals surface area (Å²) in [6.07, 6.45) is 4.90. The summed E-state index contributed by atoms with van der Waals surface area (Å²) in [5.74, 6) is 0.916. The van der Waals surface area contributed by atoms with E-state index in [0.29, 0.717) is 16.4 Å². The van der Waals surface area contributed by atoms with E-state index < -0.39 is 0 Å². The summed E-state index contributed by atoms with van der Waals surface area (Å²) in [6, 6.07) is 4.55. The summed E-state index contributed by atoms with van der Waals surface area (Å²) in [6.45, 7) is 2.20. The predicted molar refractivity (Wildman–Crippen MR) is 70.7 cm³/mol. The number of hydrogen-bond donors (Lipinski definition) is 0. The Morgan fingerprint density at radius 2 is 2.12 bits per heavy atom. The number of nitrogens with zero attached hydrogens (tertiary/aromatic N) is 1. The van der Waals surface area contributed by atoms with Crippen molar-refractivity contribution in [3.8, 4) is 0 Å². The summed E-state index contributed by atoms with van der Waals surface area (Å²) in [5.41, 5.74) is 0. The average Bonchev–Trinajstić information content (AvgIpc) is 3.18. The molecule has 0 bridgehead atoms. The van der Waals surface area contributed by atoms with Crippen LogP contribution in [-0.4, -0.2) is 22.9 Å². The van der Waals surface area contributed by atoms with Crippen LogP contribution in [0.3, 0.4) is 0 Å². The zero-order valence-electron chi connectivity index (χ0n) is 9.86. The van der Waals surface area contributed by atoms with Gasteiger partial charge in [-0.15, -0.1) is 11.3 Å². The number of halogens is 1. The minimum Gasteiger partial charge on any atom is -0.332 e. The molecule has 1 amide bonds. The number of thiophene rings is 1. The Kier molecular flexibility index (Phi) is 2.91. The molecule has 2 saturated carbocycles. The molecule has 1 unspecified atom stereocenters. The van der Waals surface area contributed by atoms with Crippen LogP contribution in [0.2, 0.25) is 4.34 Å². The number of carbonyl (C=O) groups excluding carboxylic acids is 1. The van der Waals surface area contributed by atoms with Crippen LogP contribution in [0.25, 0.3) is 0 Å². The maximum absolute atomic E-state index is 12.5. The van der Waals surface area contributed by atoms with Gasteiger partial charge in [0.15, 0.2) is 0 Å². The molecule has 3 rings (SSSR count). The van der Waals surface area contributed by atoms with Gasteiger partial charge < -0.3 is 4.90 Å². The fourth-order valence-corrected chi connectivity index (χ4v) is 3.39. The van der Waals surface area contributed by atoms with E-state index in [1.54, 1.807) is 0 Å². The molecule has 92 valence electrons. The molecule has 0 aliphatic heterocycles. The van der Waals surface area contributed by atoms with E-state index in [-0.39, 0.29) is 5.91 Å². The Balaban J connectivity index is 1.80. The molecule has 0 radical (unpaired) electrons. The van der Waals surface area contributed by atoms with Crippen LogP contribution in [-0.2, 0) is 0 Å². The van der Waals surface area contributed by atoms with Gasteiger partial charge in [-0.25, -0.2) is 0 Å². The molecule has 0 saturated heterocycles. The Hall–Kier alpha value is -0.540. The monoisotopic (exact) mass is 269 g/mol. The number of amides is 1. The van der Waals surface area contributed by atoms with E-state index in [0.717, 1.165) is 10.8 Å². The highest BCUT2D eigenvalue weighted by molar-refractivity contribution is 7.17. The summed E-state index contributed by atoms with van der Waals surface area (Å²) >= 11 is 7.30. The molecule has 2 nitrogen and oxygen atoms in total. The normalized spacial score (nSPS) is 21.3. The van der Waals surface area contributed by atoms with E-state index >= 15 is 0 Å². The van der Waals surface area contributed by atoms with Crippen LogP contribution < -0.4 is 0 Å². The second-order valence-corrected chi connectivity index (χ2v) is 6.84. The first kappa shape index (κ1) is 11.5. The Morgan fingerprint density at radius 1 is 1.41 bits per heavy atom. The van der Waals surface area contributed by atoms with Crippen molar-refractivity contribution in [2.45, 2.75) is 44.7 Å². The smallest absolute Gasteiger partial charge is 0.264 e. The highest BCUT2D eigenvalue weighted by Gasteiger charge is 2.42. The van der Waals surface area contributed by atoms with Gasteiger partial charge in [-0.3, -0.25) is 4.79 Å². The average molecular weight is 270 g/mol. The first-order valence-electron chi connectivity index (χ1n) is 6.25. The van der Waals surface area contributed by atoms with Crippen LogP contribution in [0, 0.1) is 5.92 Å². The third-order valence-electron chi connectivity index (χ3n) is 3.70. The van der Waals surface area contributed by atoms with Gasteiger partial charge in [0, 0.05) is 12.1 Å². The summed E-state index contributed by atoms with van der Waals surface area (Å²) in [7, 11) is 0. The fourth-order valence-electron chi connectivity index (χ4n) is 2.40. The molecule has 2 fully saturated rings. The van der Waals surface area contributed by atoms with E-state index in [2.05, 4.69) is 11.8 Å². The summed E-state index contributed by atoms with van der Waals surface area (Å²) in [4.78, 5) is 15.4. The quantitative estimate of drug-likeness (QED) is 0.814. The summed E-state index contributed by atoms with van der Waals surface area (Å²) in [5, 5.41) is 0. The van der Waals surface area contributed by atoms with E-state index in [1.165, 1.54) is 37.0 Å². The van der Waals surface area contributed by atoms with Gasteiger partial charge in [0.25, 0.3) is 5.91 Å². The third-order valence-corrected chi connectivity index (χ3v) is 4.92. The second-order valence-electron chi connectivity index (χ2n) is 5.13. The lowest BCUT2D eigenvalue weighted by Crippen LogP contribution is -2.41. The maximum Gasteiger partial charge on any atom is 0.264 e. The molecule has 0 N–H and O–H groups in total. The minimum absolute atomic E-state index is 0.184. The standard InChI is InChI=1S/C13H16ClNOS/c1-8(9-2-3-9)15(10-4-5-10)13(16)11-6-7-12(14)17-11/h6-10H,2-5H2,1H3. The largest absolute Gasteiger partial charge is 0.332 e. The molecule has 1 aromatic heterocycles. The van der Waals surface area contributed by atoms with Crippen LogP contribution >= 0.6 is 22.9 Å². The molecule has 1 heterocycles. The maximum atomic E-state index is 12.5. The first-order valence-corrected chi connectivity index (χ1v) is 7.44. The molecular formula is C13H16ClNOS. The van der Waals surface area contributed by atoms with Gasteiger partial charge in [-0.05, 0) is 50.7 Å². The van der Waals surface area contributed by atoms with Crippen molar-refractivity contribution in [2.24, 2.45) is 5.92 Å². The zero-order chi connectivity index (χ0) is 12.0. The van der Waals surface area contributed by atoms with Crippen molar-refractivity contribution in [1.29, 1.82) is 0 Å². The highest BCUT2D eigenvalue weighted by Crippen LogP contribution is 2.40. The Bertz CT molecular complexity index is 436. The lowest BCUT2D eigenvalue weighted by atomic mass is 10.1. The first-order chi connectivity index (χ1) is 8.16. The molecule has 17 heavy (non-hydrogen) atoms. The zero-order valence-corrected chi connectivity index (χ0v) is 11.4. The minimum atomic E-state index is 0.184. The van der Waals surface area contributed by atoms with Gasteiger partial charge in [-0.1, -0.05) is 11.6 Å². The van der Waals surface area contributed by atoms with Crippen LogP contribution in [0.1, 0.15) is 42.3 Å². The molecule has 0 aromatic carbocycles. The molecule has 1 aromatic rings. The van der Waals surface area contributed by atoms with E-state index in [1.807, 2.05) is 12.1 Å². The molecule has 2 aliphatic carbocycles. The van der Waals surface area contributed by atoms with Crippen molar-refractivity contribution in [3.05, 3.63) is 21.3 Å². The fraction of sp³-hybridized carbons (Fsp3) is 0.615. The SMILES string of the molecule is CC(C1CC1)N(C(=O)c1ccc(Cl)s1)C1CC1. The van der Waals surface area contributed by atoms with Crippen LogP contribution in [0.5, 0.6) is 0 Å². The van der Waals surface area contributed by atoms with Gasteiger partial charge in [0.05, 0.1) is 9.21 Å². The number of rotatable bonds is 4. The molecule has 4 heteroatoms. The molecule has 2 aliphatic rings. The van der Waals surface area contributed by atoms with E-state index in [9.17, 15) is 4.79 Å². The van der Waals surface area contributed by atoms with Crippen molar-refractivity contribution in [2.75, 3.05) is 0 Å². The Labute approximate surface area is 111 Å². The van der Waals surface area contributed by atoms with Crippen molar-refractivity contribution in [3.63, 3.8) is 0 Å². The van der Waals surface area contributed by atoms with Crippen LogP contribution in [0.15, 0.2) is 12.1 Å². The second kappa shape index (κ2) is 4.29. The molecule has 0 spiro atoms. The van der Waals surface area contributed by atoms with Gasteiger partial charge in [0.1, 0.15) is 0 Å². The predicted octanol–water partition coefficient (Wildman–Crippen LogP) is 3.80. The van der Waals surface area contributed by atoms with Crippen LogP contribution in [0.4, 0.5) is 0 Å². The number of carbonyl (C=O) groups is 1. The third kappa shape index (κ3) is 2.36. The van der Waals surface area contributed by atoms with Crippen molar-refractivity contribution < 1.29 is 4.79 Å².